The number of amides is 1. The molecule has 0 spiro atoms. The van der Waals surface area contributed by atoms with E-state index in [4.69, 9.17) is 4.42 Å². The van der Waals surface area contributed by atoms with Crippen molar-refractivity contribution >= 4 is 55.7 Å². The number of thioether (sulfide) groups is 1. The molecule has 0 fully saturated rings. The lowest BCUT2D eigenvalue weighted by molar-refractivity contribution is -0.118. The minimum atomic E-state index is -0.142. The zero-order valence-electron chi connectivity index (χ0n) is 10.9. The number of rotatable bonds is 6. The predicted octanol–water partition coefficient (Wildman–Crippen LogP) is 4.19. The molecule has 1 N–H and O–H groups in total. The number of hydrogen-bond donors (Lipinski definition) is 1. The van der Waals surface area contributed by atoms with Gasteiger partial charge in [0.15, 0.2) is 4.67 Å². The second-order valence-corrected chi connectivity index (χ2v) is 6.74. The molecule has 21 heavy (non-hydrogen) atoms. The lowest BCUT2D eigenvalue weighted by atomic mass is 10.2. The summed E-state index contributed by atoms with van der Waals surface area (Å²) < 4.78 is 6.89. The molecule has 0 saturated carbocycles. The summed E-state index contributed by atoms with van der Waals surface area (Å²) in [6.45, 7) is 0. The Hall–Kier alpha value is -1.05. The van der Waals surface area contributed by atoms with Crippen molar-refractivity contribution in [1.82, 2.24) is 5.43 Å². The molecule has 2 aromatic rings. The average molecular weight is 432 g/mol. The molecule has 4 nitrogen and oxygen atoms in total. The molecule has 1 aromatic heterocycles. The minimum Gasteiger partial charge on any atom is -0.448 e. The van der Waals surface area contributed by atoms with E-state index in [-0.39, 0.29) is 5.91 Å². The van der Waals surface area contributed by atoms with Gasteiger partial charge in [-0.05, 0) is 45.8 Å². The minimum absolute atomic E-state index is 0.142. The van der Waals surface area contributed by atoms with Crippen LogP contribution in [-0.4, -0.2) is 17.9 Å². The van der Waals surface area contributed by atoms with E-state index in [0.29, 0.717) is 16.2 Å². The van der Waals surface area contributed by atoms with Crippen molar-refractivity contribution in [2.75, 3.05) is 5.75 Å². The van der Waals surface area contributed by atoms with Gasteiger partial charge >= 0.3 is 0 Å². The SMILES string of the molecule is O=C(CSCc1cccc(Br)c1)N/N=C\c1ccc(Br)o1. The summed E-state index contributed by atoms with van der Waals surface area (Å²) >= 11 is 8.15. The molecule has 0 radical (unpaired) electrons. The van der Waals surface area contributed by atoms with Crippen molar-refractivity contribution in [1.29, 1.82) is 0 Å². The van der Waals surface area contributed by atoms with Gasteiger partial charge in [-0.15, -0.1) is 11.8 Å². The molecule has 110 valence electrons. The Morgan fingerprint density at radius 3 is 2.90 bits per heavy atom. The molecule has 7 heteroatoms. The lowest BCUT2D eigenvalue weighted by Crippen LogP contribution is -2.19. The van der Waals surface area contributed by atoms with E-state index in [1.807, 2.05) is 24.3 Å². The fraction of sp³-hybridized carbons (Fsp3) is 0.143. The van der Waals surface area contributed by atoms with Crippen molar-refractivity contribution in [2.45, 2.75) is 5.75 Å². The number of benzene rings is 1. The summed E-state index contributed by atoms with van der Waals surface area (Å²) in [5.74, 6) is 1.56. The topological polar surface area (TPSA) is 54.6 Å². The van der Waals surface area contributed by atoms with Crippen LogP contribution in [0.3, 0.4) is 0 Å². The Labute approximate surface area is 143 Å². The second kappa shape index (κ2) is 8.41. The number of carbonyl (C=O) groups excluding carboxylic acids is 1. The molecule has 0 bridgehead atoms. The molecule has 0 aliphatic carbocycles. The lowest BCUT2D eigenvalue weighted by Gasteiger charge is -2.02. The molecule has 1 amide bonds. The first-order valence-corrected chi connectivity index (χ1v) is 8.77. The van der Waals surface area contributed by atoms with Gasteiger partial charge in [0, 0.05) is 10.2 Å². The maximum absolute atomic E-state index is 11.6. The molecule has 0 unspecified atom stereocenters. The Morgan fingerprint density at radius 2 is 2.19 bits per heavy atom. The van der Waals surface area contributed by atoms with E-state index in [9.17, 15) is 4.79 Å². The summed E-state index contributed by atoms with van der Waals surface area (Å²) in [6, 6.07) is 11.5. The number of hydrogen-bond acceptors (Lipinski definition) is 4. The number of nitrogens with one attached hydrogen (secondary N) is 1. The van der Waals surface area contributed by atoms with Crippen LogP contribution in [0.15, 0.2) is 55.1 Å². The highest BCUT2D eigenvalue weighted by Crippen LogP contribution is 2.16. The van der Waals surface area contributed by atoms with E-state index in [0.717, 1.165) is 10.2 Å². The number of carbonyl (C=O) groups is 1. The molecule has 1 aromatic carbocycles. The van der Waals surface area contributed by atoms with E-state index in [1.54, 1.807) is 12.1 Å². The maximum atomic E-state index is 11.6. The van der Waals surface area contributed by atoms with Gasteiger partial charge in [-0.25, -0.2) is 5.43 Å². The first-order valence-electron chi connectivity index (χ1n) is 6.03. The van der Waals surface area contributed by atoms with Crippen LogP contribution in [0.4, 0.5) is 0 Å². The Morgan fingerprint density at radius 1 is 1.33 bits per heavy atom. The quantitative estimate of drug-likeness (QED) is 0.551. The Balaban J connectivity index is 1.69. The first-order chi connectivity index (χ1) is 10.1. The van der Waals surface area contributed by atoms with Crippen molar-refractivity contribution in [3.63, 3.8) is 0 Å². The van der Waals surface area contributed by atoms with Crippen molar-refractivity contribution in [2.24, 2.45) is 5.10 Å². The molecule has 2 rings (SSSR count). The highest BCUT2D eigenvalue weighted by Gasteiger charge is 2.01. The summed E-state index contributed by atoms with van der Waals surface area (Å²) in [6.07, 6.45) is 1.46. The van der Waals surface area contributed by atoms with Crippen LogP contribution in [0, 0.1) is 0 Å². The summed E-state index contributed by atoms with van der Waals surface area (Å²) in [7, 11) is 0. The average Bonchev–Trinajstić information content (AvgIpc) is 2.84. The zero-order valence-corrected chi connectivity index (χ0v) is 14.9. The van der Waals surface area contributed by atoms with Gasteiger partial charge in [0.25, 0.3) is 0 Å². The molecular formula is C14H12Br2N2O2S. The number of halogens is 2. The Bertz CT molecular complexity index is 643. The van der Waals surface area contributed by atoms with Gasteiger partial charge in [0.1, 0.15) is 5.76 Å². The number of furan rings is 1. The van der Waals surface area contributed by atoms with Crippen LogP contribution in [0.1, 0.15) is 11.3 Å². The van der Waals surface area contributed by atoms with Gasteiger partial charge in [-0.3, -0.25) is 4.79 Å². The monoisotopic (exact) mass is 430 g/mol. The molecule has 0 saturated heterocycles. The highest BCUT2D eigenvalue weighted by atomic mass is 79.9. The molecule has 0 aliphatic heterocycles. The van der Waals surface area contributed by atoms with Crippen LogP contribution in [0.5, 0.6) is 0 Å². The van der Waals surface area contributed by atoms with Crippen molar-refractivity contribution in [3.8, 4) is 0 Å². The summed E-state index contributed by atoms with van der Waals surface area (Å²) in [5.41, 5.74) is 3.64. The van der Waals surface area contributed by atoms with E-state index in [1.165, 1.54) is 23.5 Å². The van der Waals surface area contributed by atoms with E-state index < -0.39 is 0 Å². The second-order valence-electron chi connectivity index (χ2n) is 4.06. The van der Waals surface area contributed by atoms with Gasteiger partial charge in [-0.2, -0.15) is 5.10 Å². The Kier molecular flexibility index (Phi) is 6.53. The van der Waals surface area contributed by atoms with Crippen LogP contribution < -0.4 is 5.43 Å². The normalized spacial score (nSPS) is 11.0. The third kappa shape index (κ3) is 6.07. The van der Waals surface area contributed by atoms with Crippen LogP contribution in [0.25, 0.3) is 0 Å². The summed E-state index contributed by atoms with van der Waals surface area (Å²) in [5, 5.41) is 3.83. The van der Waals surface area contributed by atoms with Gasteiger partial charge < -0.3 is 4.42 Å². The standard InChI is InChI=1S/C14H12Br2N2O2S/c15-11-3-1-2-10(6-11)8-21-9-14(19)18-17-7-12-4-5-13(16)20-12/h1-7H,8-9H2,(H,18,19)/b17-7-. The van der Waals surface area contributed by atoms with Gasteiger partial charge in [0.2, 0.25) is 5.91 Å². The van der Waals surface area contributed by atoms with Crippen molar-refractivity contribution < 1.29 is 9.21 Å². The maximum Gasteiger partial charge on any atom is 0.250 e. The molecule has 1 heterocycles. The molecule has 0 aliphatic rings. The number of nitrogens with zero attached hydrogens (tertiary/aromatic N) is 1. The van der Waals surface area contributed by atoms with Gasteiger partial charge in [0.05, 0.1) is 12.0 Å². The van der Waals surface area contributed by atoms with E-state index in [2.05, 4.69) is 42.4 Å². The van der Waals surface area contributed by atoms with E-state index >= 15 is 0 Å². The fourth-order valence-corrected chi connectivity index (χ4v) is 3.02. The van der Waals surface area contributed by atoms with Crippen LogP contribution in [-0.2, 0) is 10.5 Å². The fourth-order valence-electron chi connectivity index (χ4n) is 1.49. The predicted molar refractivity (Wildman–Crippen MR) is 92.4 cm³/mol. The number of hydrazone groups is 1. The van der Waals surface area contributed by atoms with Crippen LogP contribution in [0.2, 0.25) is 0 Å². The van der Waals surface area contributed by atoms with Gasteiger partial charge in [-0.1, -0.05) is 28.1 Å². The zero-order chi connectivity index (χ0) is 15.1. The molecule has 0 atom stereocenters. The van der Waals surface area contributed by atoms with Crippen molar-refractivity contribution in [3.05, 3.63) is 56.9 Å². The van der Waals surface area contributed by atoms with Crippen LogP contribution >= 0.6 is 43.6 Å². The largest absolute Gasteiger partial charge is 0.448 e. The summed E-state index contributed by atoms with van der Waals surface area (Å²) in [4.78, 5) is 11.6. The first kappa shape index (κ1) is 16.3. The third-order valence-electron chi connectivity index (χ3n) is 2.37. The third-order valence-corrected chi connectivity index (χ3v) is 4.29. The highest BCUT2D eigenvalue weighted by molar-refractivity contribution is 9.10. The smallest absolute Gasteiger partial charge is 0.250 e. The molecular weight excluding hydrogens is 420 g/mol.